The second kappa shape index (κ2) is 6.81. The largest absolute Gasteiger partial charge is 0.491 e. The van der Waals surface area contributed by atoms with Crippen LogP contribution in [-0.4, -0.2) is 29.9 Å². The molecule has 1 heterocycles. The van der Waals surface area contributed by atoms with E-state index in [2.05, 4.69) is 5.32 Å². The highest BCUT2D eigenvalue weighted by Gasteiger charge is 2.36. The summed E-state index contributed by atoms with van der Waals surface area (Å²) in [4.78, 5) is 26.2. The van der Waals surface area contributed by atoms with E-state index in [0.717, 1.165) is 16.3 Å². The molecule has 0 aliphatic carbocycles. The third-order valence-corrected chi connectivity index (χ3v) is 3.84. The second-order valence-electron chi connectivity index (χ2n) is 6.10. The Morgan fingerprint density at radius 2 is 1.56 bits per heavy atom. The Hall–Kier alpha value is -3.08. The van der Waals surface area contributed by atoms with Crippen LogP contribution >= 0.6 is 0 Å². The van der Waals surface area contributed by atoms with Crippen LogP contribution in [0.25, 0.3) is 5.57 Å². The van der Waals surface area contributed by atoms with Crippen molar-refractivity contribution in [2.45, 2.75) is 20.0 Å². The summed E-state index contributed by atoms with van der Waals surface area (Å²) < 4.78 is 5.63. The average Bonchev–Trinajstić information content (AvgIpc) is 2.80. The van der Waals surface area contributed by atoms with Crippen molar-refractivity contribution in [3.05, 3.63) is 65.9 Å². The van der Waals surface area contributed by atoms with Gasteiger partial charge in [-0.3, -0.25) is 14.5 Å². The van der Waals surface area contributed by atoms with E-state index >= 15 is 0 Å². The fraction of sp³-hybridized carbons (Fsp3) is 0.200. The van der Waals surface area contributed by atoms with Crippen molar-refractivity contribution in [2.24, 2.45) is 0 Å². The molecule has 2 aromatic rings. The Labute approximate surface area is 146 Å². The first-order valence-electron chi connectivity index (χ1n) is 8.13. The summed E-state index contributed by atoms with van der Waals surface area (Å²) in [6.45, 7) is 3.90. The smallest absolute Gasteiger partial charge is 0.277 e. The predicted octanol–water partition coefficient (Wildman–Crippen LogP) is 3.30. The molecular formula is C20H20N2O3. The zero-order valence-corrected chi connectivity index (χ0v) is 14.4. The third kappa shape index (κ3) is 3.40. The van der Waals surface area contributed by atoms with Gasteiger partial charge in [0.1, 0.15) is 11.4 Å². The molecule has 0 radical (unpaired) electrons. The lowest BCUT2D eigenvalue weighted by Gasteiger charge is -2.11. The first kappa shape index (κ1) is 16.8. The number of para-hydroxylation sites is 1. The summed E-state index contributed by atoms with van der Waals surface area (Å²) in [5.74, 6) is 0.0642. The molecular weight excluding hydrogens is 316 g/mol. The maximum atomic E-state index is 12.6. The Morgan fingerprint density at radius 3 is 2.16 bits per heavy atom. The predicted molar refractivity (Wildman–Crippen MR) is 97.0 cm³/mol. The number of likely N-dealkylation sites (N-methyl/N-ethyl adjacent to an activating group) is 1. The van der Waals surface area contributed by atoms with Gasteiger partial charge in [0.2, 0.25) is 0 Å². The molecule has 2 aromatic carbocycles. The van der Waals surface area contributed by atoms with Gasteiger partial charge in [-0.25, -0.2) is 0 Å². The van der Waals surface area contributed by atoms with Gasteiger partial charge in [-0.1, -0.05) is 30.3 Å². The molecule has 1 N–H and O–H groups in total. The van der Waals surface area contributed by atoms with Crippen molar-refractivity contribution in [3.8, 4) is 5.75 Å². The van der Waals surface area contributed by atoms with Gasteiger partial charge in [0.25, 0.3) is 11.8 Å². The van der Waals surface area contributed by atoms with Gasteiger partial charge in [0, 0.05) is 12.7 Å². The van der Waals surface area contributed by atoms with Crippen molar-refractivity contribution in [2.75, 3.05) is 12.4 Å². The maximum Gasteiger partial charge on any atom is 0.277 e. The fourth-order valence-electron chi connectivity index (χ4n) is 2.66. The van der Waals surface area contributed by atoms with E-state index in [1.807, 2.05) is 44.2 Å². The molecule has 0 spiro atoms. The minimum Gasteiger partial charge on any atom is -0.491 e. The number of hydrogen-bond acceptors (Lipinski definition) is 4. The number of benzene rings is 2. The number of ether oxygens (including phenoxy) is 1. The number of nitrogens with one attached hydrogen (secondary N) is 1. The van der Waals surface area contributed by atoms with Gasteiger partial charge in [0.05, 0.1) is 11.7 Å². The zero-order chi connectivity index (χ0) is 18.0. The lowest BCUT2D eigenvalue weighted by atomic mass is 10.0. The molecule has 1 aliphatic rings. The van der Waals surface area contributed by atoms with Crippen molar-refractivity contribution in [3.63, 3.8) is 0 Å². The average molecular weight is 336 g/mol. The topological polar surface area (TPSA) is 58.6 Å². The molecule has 0 fully saturated rings. The highest BCUT2D eigenvalue weighted by molar-refractivity contribution is 6.36. The van der Waals surface area contributed by atoms with Crippen LogP contribution < -0.4 is 10.1 Å². The molecule has 5 heteroatoms. The van der Waals surface area contributed by atoms with E-state index in [1.165, 1.54) is 7.05 Å². The van der Waals surface area contributed by atoms with Crippen LogP contribution in [0.2, 0.25) is 0 Å². The second-order valence-corrected chi connectivity index (χ2v) is 6.10. The van der Waals surface area contributed by atoms with Crippen molar-refractivity contribution in [1.29, 1.82) is 0 Å². The first-order chi connectivity index (χ1) is 12.0. The Kier molecular flexibility index (Phi) is 4.57. The number of nitrogens with zero attached hydrogens (tertiary/aromatic N) is 1. The number of imide groups is 1. The number of rotatable bonds is 5. The van der Waals surface area contributed by atoms with E-state index in [4.69, 9.17) is 4.74 Å². The number of amides is 2. The summed E-state index contributed by atoms with van der Waals surface area (Å²) in [5.41, 5.74) is 2.09. The molecule has 0 aromatic heterocycles. The van der Waals surface area contributed by atoms with Crippen molar-refractivity contribution >= 4 is 23.1 Å². The molecule has 2 amide bonds. The molecule has 3 rings (SSSR count). The summed E-state index contributed by atoms with van der Waals surface area (Å²) in [6.07, 6.45) is 0.0706. The van der Waals surface area contributed by atoms with Crippen LogP contribution in [-0.2, 0) is 9.59 Å². The standard InChI is InChI=1S/C20H20N2O3/c1-13(2)25-16-11-9-14(10-12-16)17-18(20(24)22(3)19(17)23)21-15-7-5-4-6-8-15/h4-13,21H,1-3H3. The number of carbonyl (C=O) groups excluding carboxylic acids is 2. The van der Waals surface area contributed by atoms with Gasteiger partial charge in [-0.2, -0.15) is 0 Å². The van der Waals surface area contributed by atoms with Gasteiger partial charge >= 0.3 is 0 Å². The van der Waals surface area contributed by atoms with Crippen LogP contribution in [0, 0.1) is 0 Å². The molecule has 0 atom stereocenters. The van der Waals surface area contributed by atoms with Crippen molar-refractivity contribution in [1.82, 2.24) is 4.90 Å². The van der Waals surface area contributed by atoms with Gasteiger partial charge in [-0.15, -0.1) is 0 Å². The fourth-order valence-corrected chi connectivity index (χ4v) is 2.66. The normalized spacial score (nSPS) is 14.5. The highest BCUT2D eigenvalue weighted by atomic mass is 16.5. The Balaban J connectivity index is 1.99. The molecule has 1 aliphatic heterocycles. The van der Waals surface area contributed by atoms with Crippen LogP contribution in [0.3, 0.4) is 0 Å². The third-order valence-electron chi connectivity index (χ3n) is 3.84. The van der Waals surface area contributed by atoms with Gasteiger partial charge in [0.15, 0.2) is 0 Å². The van der Waals surface area contributed by atoms with Crippen LogP contribution in [0.4, 0.5) is 5.69 Å². The van der Waals surface area contributed by atoms with E-state index in [-0.39, 0.29) is 23.6 Å². The summed E-state index contributed by atoms with van der Waals surface area (Å²) >= 11 is 0. The monoisotopic (exact) mass is 336 g/mol. The summed E-state index contributed by atoms with van der Waals surface area (Å²) in [6, 6.07) is 16.5. The first-order valence-corrected chi connectivity index (χ1v) is 8.13. The molecule has 0 saturated carbocycles. The van der Waals surface area contributed by atoms with Gasteiger partial charge < -0.3 is 10.1 Å². The van der Waals surface area contributed by atoms with Crippen LogP contribution in [0.15, 0.2) is 60.3 Å². The number of anilines is 1. The van der Waals surface area contributed by atoms with E-state index in [1.54, 1.807) is 24.3 Å². The molecule has 5 nitrogen and oxygen atoms in total. The van der Waals surface area contributed by atoms with E-state index < -0.39 is 0 Å². The van der Waals surface area contributed by atoms with E-state index in [0.29, 0.717) is 11.1 Å². The minimum absolute atomic E-state index is 0.0706. The number of carbonyl (C=O) groups is 2. The molecule has 0 unspecified atom stereocenters. The lowest BCUT2D eigenvalue weighted by molar-refractivity contribution is -0.135. The molecule has 25 heavy (non-hydrogen) atoms. The van der Waals surface area contributed by atoms with Crippen LogP contribution in [0.1, 0.15) is 19.4 Å². The quantitative estimate of drug-likeness (QED) is 0.851. The number of hydrogen-bond donors (Lipinski definition) is 1. The van der Waals surface area contributed by atoms with E-state index in [9.17, 15) is 9.59 Å². The molecule has 0 bridgehead atoms. The van der Waals surface area contributed by atoms with Crippen LogP contribution in [0.5, 0.6) is 5.75 Å². The molecule has 0 saturated heterocycles. The molecule has 128 valence electrons. The maximum absolute atomic E-state index is 12.6. The summed E-state index contributed by atoms with van der Waals surface area (Å²) in [7, 11) is 1.49. The SMILES string of the molecule is CC(C)Oc1ccc(C2=C(Nc3ccccc3)C(=O)N(C)C2=O)cc1. The Bertz CT molecular complexity index is 824. The summed E-state index contributed by atoms with van der Waals surface area (Å²) in [5, 5.41) is 3.08. The minimum atomic E-state index is -0.341. The van der Waals surface area contributed by atoms with Crippen molar-refractivity contribution < 1.29 is 14.3 Å². The Morgan fingerprint density at radius 1 is 0.920 bits per heavy atom. The lowest BCUT2D eigenvalue weighted by Crippen LogP contribution is -2.27. The zero-order valence-electron chi connectivity index (χ0n) is 14.4. The highest BCUT2D eigenvalue weighted by Crippen LogP contribution is 2.30. The van der Waals surface area contributed by atoms with Gasteiger partial charge in [-0.05, 0) is 43.7 Å².